The summed E-state index contributed by atoms with van der Waals surface area (Å²) in [5, 5.41) is 12.6. The summed E-state index contributed by atoms with van der Waals surface area (Å²) in [5.41, 5.74) is 3.12. The molecule has 5 heteroatoms. The van der Waals surface area contributed by atoms with Gasteiger partial charge in [0.25, 0.3) is 0 Å². The van der Waals surface area contributed by atoms with Crippen LogP contribution in [-0.2, 0) is 11.3 Å². The number of hydrogen-bond donors (Lipinski definition) is 3. The molecule has 0 saturated carbocycles. The van der Waals surface area contributed by atoms with Crippen molar-refractivity contribution in [2.24, 2.45) is 0 Å². The van der Waals surface area contributed by atoms with Crippen LogP contribution in [0, 0.1) is 0 Å². The molecular weight excluding hydrogens is 252 g/mol. The number of carbonyl (C=O) groups excluding carboxylic acids is 1. The molecule has 3 N–H and O–H groups in total. The van der Waals surface area contributed by atoms with Gasteiger partial charge in [0.15, 0.2) is 0 Å². The van der Waals surface area contributed by atoms with Crippen LogP contribution in [0.5, 0.6) is 0 Å². The number of carbonyl (C=O) groups is 1. The molecular formula is C15H18N4O. The van der Waals surface area contributed by atoms with E-state index in [4.69, 9.17) is 0 Å². The van der Waals surface area contributed by atoms with Crippen molar-refractivity contribution in [1.29, 1.82) is 0 Å². The van der Waals surface area contributed by atoms with Gasteiger partial charge in [-0.15, -0.1) is 6.58 Å². The number of amides is 1. The normalized spacial score (nSPS) is 10.2. The summed E-state index contributed by atoms with van der Waals surface area (Å²) >= 11 is 0. The van der Waals surface area contributed by atoms with E-state index in [1.54, 1.807) is 12.3 Å². The minimum absolute atomic E-state index is 0.0236. The molecule has 0 aliphatic rings. The fourth-order valence-corrected chi connectivity index (χ4v) is 1.77. The van der Waals surface area contributed by atoms with Crippen LogP contribution in [0.25, 0.3) is 11.3 Å². The zero-order valence-electron chi connectivity index (χ0n) is 11.2. The Morgan fingerprint density at radius 2 is 2.10 bits per heavy atom. The van der Waals surface area contributed by atoms with Crippen molar-refractivity contribution < 1.29 is 4.79 Å². The lowest BCUT2D eigenvalue weighted by Gasteiger charge is -2.06. The first-order valence-electron chi connectivity index (χ1n) is 6.46. The van der Waals surface area contributed by atoms with Gasteiger partial charge in [-0.1, -0.05) is 30.3 Å². The minimum Gasteiger partial charge on any atom is -0.351 e. The van der Waals surface area contributed by atoms with Crippen LogP contribution in [0.1, 0.15) is 5.56 Å². The van der Waals surface area contributed by atoms with Gasteiger partial charge >= 0.3 is 0 Å². The van der Waals surface area contributed by atoms with Crippen molar-refractivity contribution in [3.8, 4) is 11.3 Å². The van der Waals surface area contributed by atoms with E-state index in [9.17, 15) is 4.79 Å². The fraction of sp³-hybridized carbons (Fsp3) is 0.200. The zero-order valence-corrected chi connectivity index (χ0v) is 11.2. The van der Waals surface area contributed by atoms with Gasteiger partial charge in [-0.05, 0) is 17.2 Å². The van der Waals surface area contributed by atoms with Crippen LogP contribution in [0.15, 0.2) is 49.2 Å². The molecule has 5 nitrogen and oxygen atoms in total. The van der Waals surface area contributed by atoms with Crippen molar-refractivity contribution in [3.63, 3.8) is 0 Å². The van der Waals surface area contributed by atoms with E-state index in [1.807, 2.05) is 30.3 Å². The summed E-state index contributed by atoms with van der Waals surface area (Å²) in [7, 11) is 0. The molecule has 0 aliphatic heterocycles. The second-order valence-electron chi connectivity index (χ2n) is 4.36. The quantitative estimate of drug-likeness (QED) is 0.527. The Bertz CT molecular complexity index is 546. The summed E-state index contributed by atoms with van der Waals surface area (Å²) in [6.45, 7) is 5.04. The predicted molar refractivity (Wildman–Crippen MR) is 78.9 cm³/mol. The molecule has 1 aromatic carbocycles. The van der Waals surface area contributed by atoms with Crippen LogP contribution in [-0.4, -0.2) is 29.2 Å². The minimum atomic E-state index is -0.0236. The highest BCUT2D eigenvalue weighted by atomic mass is 16.1. The van der Waals surface area contributed by atoms with E-state index in [1.165, 1.54) is 0 Å². The fourth-order valence-electron chi connectivity index (χ4n) is 1.77. The monoisotopic (exact) mass is 270 g/mol. The average Bonchev–Trinajstić information content (AvgIpc) is 3.00. The van der Waals surface area contributed by atoms with Crippen LogP contribution >= 0.6 is 0 Å². The second-order valence-corrected chi connectivity index (χ2v) is 4.36. The van der Waals surface area contributed by atoms with Crippen LogP contribution in [0.2, 0.25) is 0 Å². The number of rotatable bonds is 7. The maximum Gasteiger partial charge on any atom is 0.234 e. The molecule has 0 bridgehead atoms. The summed E-state index contributed by atoms with van der Waals surface area (Å²) in [4.78, 5) is 11.5. The largest absolute Gasteiger partial charge is 0.351 e. The van der Waals surface area contributed by atoms with E-state index in [2.05, 4.69) is 27.4 Å². The van der Waals surface area contributed by atoms with Crippen molar-refractivity contribution in [1.82, 2.24) is 20.8 Å². The third kappa shape index (κ3) is 4.07. The molecule has 0 unspecified atom stereocenters. The Kier molecular flexibility index (Phi) is 5.08. The van der Waals surface area contributed by atoms with Crippen molar-refractivity contribution in [2.45, 2.75) is 6.54 Å². The molecule has 104 valence electrons. The Hall–Kier alpha value is -2.40. The van der Waals surface area contributed by atoms with Gasteiger partial charge in [0, 0.05) is 19.3 Å². The van der Waals surface area contributed by atoms with Gasteiger partial charge in [0.2, 0.25) is 5.91 Å². The van der Waals surface area contributed by atoms with Gasteiger partial charge < -0.3 is 10.6 Å². The van der Waals surface area contributed by atoms with E-state index in [-0.39, 0.29) is 5.91 Å². The van der Waals surface area contributed by atoms with Gasteiger partial charge in [-0.2, -0.15) is 5.10 Å². The SMILES string of the molecule is C=CCNCC(=O)NCc1ccc(-c2ccn[nH]2)cc1. The molecule has 0 aliphatic carbocycles. The average molecular weight is 270 g/mol. The molecule has 1 aromatic heterocycles. The second kappa shape index (κ2) is 7.25. The maximum atomic E-state index is 11.5. The summed E-state index contributed by atoms with van der Waals surface area (Å²) in [6, 6.07) is 9.92. The Balaban J connectivity index is 1.82. The summed E-state index contributed by atoms with van der Waals surface area (Å²) in [6.07, 6.45) is 3.45. The third-order valence-electron chi connectivity index (χ3n) is 2.83. The highest BCUT2D eigenvalue weighted by molar-refractivity contribution is 5.78. The number of nitrogens with one attached hydrogen (secondary N) is 3. The standard InChI is InChI=1S/C15H18N4O/c1-2-8-16-11-15(20)17-10-12-3-5-13(6-4-12)14-7-9-18-19-14/h2-7,9,16H,1,8,10-11H2,(H,17,20)(H,18,19). The van der Waals surface area contributed by atoms with Crippen molar-refractivity contribution in [3.05, 3.63) is 54.7 Å². The highest BCUT2D eigenvalue weighted by Gasteiger charge is 2.01. The third-order valence-corrected chi connectivity index (χ3v) is 2.83. The van der Waals surface area contributed by atoms with Crippen LogP contribution in [0.4, 0.5) is 0 Å². The Labute approximate surface area is 118 Å². The number of aromatic nitrogens is 2. The van der Waals surface area contributed by atoms with Gasteiger partial charge in [0.1, 0.15) is 0 Å². The lowest BCUT2D eigenvalue weighted by molar-refractivity contribution is -0.120. The number of nitrogens with zero attached hydrogens (tertiary/aromatic N) is 1. The van der Waals surface area contributed by atoms with Gasteiger partial charge in [-0.25, -0.2) is 0 Å². The number of H-pyrrole nitrogens is 1. The smallest absolute Gasteiger partial charge is 0.234 e. The molecule has 0 atom stereocenters. The molecule has 1 amide bonds. The summed E-state index contributed by atoms with van der Waals surface area (Å²) in [5.74, 6) is -0.0236. The van der Waals surface area contributed by atoms with E-state index in [0.717, 1.165) is 16.8 Å². The summed E-state index contributed by atoms with van der Waals surface area (Å²) < 4.78 is 0. The topological polar surface area (TPSA) is 69.8 Å². The Morgan fingerprint density at radius 3 is 2.75 bits per heavy atom. The van der Waals surface area contributed by atoms with E-state index in [0.29, 0.717) is 19.6 Å². The van der Waals surface area contributed by atoms with Crippen LogP contribution in [0.3, 0.4) is 0 Å². The van der Waals surface area contributed by atoms with Crippen LogP contribution < -0.4 is 10.6 Å². The Morgan fingerprint density at radius 1 is 1.30 bits per heavy atom. The number of aromatic amines is 1. The van der Waals surface area contributed by atoms with Crippen molar-refractivity contribution >= 4 is 5.91 Å². The molecule has 1 heterocycles. The molecule has 2 rings (SSSR count). The molecule has 0 spiro atoms. The highest BCUT2D eigenvalue weighted by Crippen LogP contribution is 2.16. The number of hydrogen-bond acceptors (Lipinski definition) is 3. The number of benzene rings is 1. The lowest BCUT2D eigenvalue weighted by Crippen LogP contribution is -2.33. The molecule has 0 saturated heterocycles. The molecule has 0 fully saturated rings. The van der Waals surface area contributed by atoms with Gasteiger partial charge in [0.05, 0.1) is 12.2 Å². The first-order valence-corrected chi connectivity index (χ1v) is 6.46. The zero-order chi connectivity index (χ0) is 14.2. The van der Waals surface area contributed by atoms with E-state index < -0.39 is 0 Å². The predicted octanol–water partition coefficient (Wildman–Crippen LogP) is 1.47. The van der Waals surface area contributed by atoms with Crippen molar-refractivity contribution in [2.75, 3.05) is 13.1 Å². The lowest BCUT2D eigenvalue weighted by atomic mass is 10.1. The molecule has 0 radical (unpaired) electrons. The first-order chi connectivity index (χ1) is 9.79. The molecule has 20 heavy (non-hydrogen) atoms. The van der Waals surface area contributed by atoms with E-state index >= 15 is 0 Å². The first kappa shape index (κ1) is 14.0. The molecule has 2 aromatic rings. The maximum absolute atomic E-state index is 11.5. The van der Waals surface area contributed by atoms with Gasteiger partial charge in [-0.3, -0.25) is 9.89 Å².